The van der Waals surface area contributed by atoms with Gasteiger partial charge < -0.3 is 10.6 Å². The number of carbonyl (C=O) groups excluding carboxylic acids is 1. The van der Waals surface area contributed by atoms with Gasteiger partial charge in [0.25, 0.3) is 5.56 Å². The third-order valence-electron chi connectivity index (χ3n) is 4.40. The molecule has 0 atom stereocenters. The number of Topliss-reactive ketones (excluding diaryl/α,β-unsaturated/α-hetero) is 1. The highest BCUT2D eigenvalue weighted by Crippen LogP contribution is 2.21. The summed E-state index contributed by atoms with van der Waals surface area (Å²) in [5, 5.41) is 0. The average molecular weight is 344 g/mol. The summed E-state index contributed by atoms with van der Waals surface area (Å²) in [7, 11) is 2.78. The largest absolute Gasteiger partial charge is 0.384 e. The number of hydrogen-bond donors (Lipinski definition) is 1. The second-order valence-electron chi connectivity index (χ2n) is 6.19. The van der Waals surface area contributed by atoms with Crippen LogP contribution in [0, 0.1) is 13.8 Å². The Morgan fingerprint density at radius 2 is 1.80 bits per heavy atom. The van der Waals surface area contributed by atoms with Gasteiger partial charge in [0.1, 0.15) is 11.4 Å². The monoisotopic (exact) mass is 344 g/mol. The first-order valence-electron chi connectivity index (χ1n) is 8.09. The van der Waals surface area contributed by atoms with E-state index in [1.807, 2.05) is 43.9 Å². The lowest BCUT2D eigenvalue weighted by Gasteiger charge is -2.25. The van der Waals surface area contributed by atoms with E-state index >= 15 is 0 Å². The van der Waals surface area contributed by atoms with Crippen LogP contribution in [-0.2, 0) is 14.1 Å². The lowest BCUT2D eigenvalue weighted by molar-refractivity contribution is 0.0997. The van der Waals surface area contributed by atoms with Gasteiger partial charge in [-0.1, -0.05) is 17.7 Å². The molecule has 0 aliphatic rings. The van der Waals surface area contributed by atoms with Gasteiger partial charge in [0.15, 0.2) is 5.78 Å². The number of nitrogen functional groups attached to an aromatic ring is 1. The van der Waals surface area contributed by atoms with Crippen molar-refractivity contribution in [1.29, 1.82) is 0 Å². The van der Waals surface area contributed by atoms with Crippen LogP contribution < -0.4 is 21.9 Å². The van der Waals surface area contributed by atoms with Crippen LogP contribution in [0.4, 0.5) is 11.5 Å². The van der Waals surface area contributed by atoms with Crippen molar-refractivity contribution in [2.75, 3.05) is 23.7 Å². The smallest absolute Gasteiger partial charge is 0.332 e. The lowest BCUT2D eigenvalue weighted by Crippen LogP contribution is -2.43. The Bertz CT molecular complexity index is 941. The molecule has 0 aliphatic heterocycles. The molecule has 0 amide bonds. The summed E-state index contributed by atoms with van der Waals surface area (Å²) in [6.45, 7) is 6.54. The average Bonchev–Trinajstić information content (AvgIpc) is 2.56. The van der Waals surface area contributed by atoms with Crippen LogP contribution in [0.2, 0.25) is 0 Å². The normalized spacial score (nSPS) is 10.8. The minimum absolute atomic E-state index is 0.0119. The van der Waals surface area contributed by atoms with Crippen LogP contribution in [0.5, 0.6) is 0 Å². The Labute approximate surface area is 146 Å². The number of ketones is 1. The maximum Gasteiger partial charge on any atom is 0.332 e. The number of benzene rings is 1. The van der Waals surface area contributed by atoms with E-state index in [1.165, 1.54) is 14.1 Å². The second kappa shape index (κ2) is 6.96. The van der Waals surface area contributed by atoms with E-state index in [4.69, 9.17) is 5.73 Å². The van der Waals surface area contributed by atoms with Crippen molar-refractivity contribution in [3.8, 4) is 0 Å². The Kier molecular flexibility index (Phi) is 5.15. The fraction of sp³-hybridized carbons (Fsp3) is 0.389. The maximum atomic E-state index is 12.8. The summed E-state index contributed by atoms with van der Waals surface area (Å²) in [6, 6.07) is 5.99. The summed E-state index contributed by atoms with van der Waals surface area (Å²) in [5.41, 5.74) is 7.63. The Morgan fingerprint density at radius 1 is 1.16 bits per heavy atom. The molecule has 134 valence electrons. The number of likely N-dealkylation sites (N-methyl/N-ethyl adjacent to an activating group) is 1. The highest BCUT2D eigenvalue weighted by Gasteiger charge is 2.22. The van der Waals surface area contributed by atoms with Crippen molar-refractivity contribution in [2.24, 2.45) is 14.1 Å². The van der Waals surface area contributed by atoms with E-state index in [-0.39, 0.29) is 17.9 Å². The highest BCUT2D eigenvalue weighted by atomic mass is 16.2. The highest BCUT2D eigenvalue weighted by molar-refractivity contribution is 6.02. The maximum absolute atomic E-state index is 12.8. The van der Waals surface area contributed by atoms with Gasteiger partial charge in [-0.2, -0.15) is 0 Å². The van der Waals surface area contributed by atoms with Crippen molar-refractivity contribution in [1.82, 2.24) is 9.13 Å². The number of hydrogen-bond acceptors (Lipinski definition) is 5. The number of aryl methyl sites for hydroxylation is 2. The van der Waals surface area contributed by atoms with Crippen LogP contribution in [0.25, 0.3) is 0 Å². The van der Waals surface area contributed by atoms with E-state index in [0.29, 0.717) is 6.54 Å². The number of anilines is 2. The molecule has 0 saturated carbocycles. The third kappa shape index (κ3) is 3.35. The third-order valence-corrected chi connectivity index (χ3v) is 4.40. The Morgan fingerprint density at radius 3 is 2.36 bits per heavy atom. The van der Waals surface area contributed by atoms with Gasteiger partial charge in [0.05, 0.1) is 6.54 Å². The van der Waals surface area contributed by atoms with Gasteiger partial charge in [-0.25, -0.2) is 4.79 Å². The standard InChI is InChI=1S/C18H24N4O3/c1-6-22(13-8-7-11(2)9-12(13)3)10-14(23)15-16(19)20(4)18(25)21(5)17(15)24/h7-9H,6,10,19H2,1-5H3. The predicted octanol–water partition coefficient (Wildman–Crippen LogP) is 0.992. The zero-order chi connectivity index (χ0) is 18.9. The van der Waals surface area contributed by atoms with Gasteiger partial charge in [0, 0.05) is 26.3 Å². The molecule has 7 heteroatoms. The van der Waals surface area contributed by atoms with Crippen molar-refractivity contribution in [2.45, 2.75) is 20.8 Å². The molecule has 1 aromatic carbocycles. The van der Waals surface area contributed by atoms with E-state index in [2.05, 4.69) is 0 Å². The quantitative estimate of drug-likeness (QED) is 0.817. The molecule has 0 saturated heterocycles. The molecular formula is C18H24N4O3. The molecular weight excluding hydrogens is 320 g/mol. The molecule has 2 N–H and O–H groups in total. The molecule has 0 spiro atoms. The molecule has 2 rings (SSSR count). The molecule has 1 heterocycles. The Hall–Kier alpha value is -2.83. The molecule has 25 heavy (non-hydrogen) atoms. The predicted molar refractivity (Wildman–Crippen MR) is 99.5 cm³/mol. The van der Waals surface area contributed by atoms with E-state index in [9.17, 15) is 14.4 Å². The van der Waals surface area contributed by atoms with Crippen molar-refractivity contribution in [3.63, 3.8) is 0 Å². The molecule has 2 aromatic rings. The minimum Gasteiger partial charge on any atom is -0.384 e. The van der Waals surface area contributed by atoms with Crippen molar-refractivity contribution >= 4 is 17.3 Å². The van der Waals surface area contributed by atoms with Gasteiger partial charge >= 0.3 is 5.69 Å². The number of aromatic nitrogens is 2. The molecule has 7 nitrogen and oxygen atoms in total. The van der Waals surface area contributed by atoms with E-state index < -0.39 is 17.0 Å². The summed E-state index contributed by atoms with van der Waals surface area (Å²) < 4.78 is 2.01. The van der Waals surface area contributed by atoms with Gasteiger partial charge in [0.2, 0.25) is 0 Å². The van der Waals surface area contributed by atoms with Gasteiger partial charge in [-0.15, -0.1) is 0 Å². The van der Waals surface area contributed by atoms with Crippen LogP contribution in [-0.4, -0.2) is 28.0 Å². The molecule has 0 aliphatic carbocycles. The fourth-order valence-electron chi connectivity index (χ4n) is 2.90. The molecule has 0 unspecified atom stereocenters. The first kappa shape index (κ1) is 18.5. The lowest BCUT2D eigenvalue weighted by atomic mass is 10.1. The van der Waals surface area contributed by atoms with Crippen LogP contribution in [0.3, 0.4) is 0 Å². The zero-order valence-corrected chi connectivity index (χ0v) is 15.3. The first-order valence-corrected chi connectivity index (χ1v) is 8.09. The van der Waals surface area contributed by atoms with E-state index in [1.54, 1.807) is 0 Å². The SMILES string of the molecule is CCN(CC(=O)c1c(N)n(C)c(=O)n(C)c1=O)c1ccc(C)cc1C. The zero-order valence-electron chi connectivity index (χ0n) is 15.3. The number of nitrogens with zero attached hydrogens (tertiary/aromatic N) is 3. The van der Waals surface area contributed by atoms with Crippen LogP contribution in [0.15, 0.2) is 27.8 Å². The summed E-state index contributed by atoms with van der Waals surface area (Å²) >= 11 is 0. The van der Waals surface area contributed by atoms with Crippen molar-refractivity contribution < 1.29 is 4.79 Å². The van der Waals surface area contributed by atoms with Crippen molar-refractivity contribution in [3.05, 3.63) is 55.7 Å². The van der Waals surface area contributed by atoms with Gasteiger partial charge in [-0.3, -0.25) is 18.7 Å². The topological polar surface area (TPSA) is 90.3 Å². The molecule has 1 aromatic heterocycles. The van der Waals surface area contributed by atoms with Crippen LogP contribution >= 0.6 is 0 Å². The van der Waals surface area contributed by atoms with E-state index in [0.717, 1.165) is 25.9 Å². The number of carbonyl (C=O) groups is 1. The molecule has 0 fully saturated rings. The molecule has 0 radical (unpaired) electrons. The number of rotatable bonds is 5. The van der Waals surface area contributed by atoms with Crippen LogP contribution in [0.1, 0.15) is 28.4 Å². The number of nitrogens with two attached hydrogens (primary N) is 1. The Balaban J connectivity index is 2.45. The second-order valence-corrected chi connectivity index (χ2v) is 6.19. The fourth-order valence-corrected chi connectivity index (χ4v) is 2.90. The van der Waals surface area contributed by atoms with Gasteiger partial charge in [-0.05, 0) is 32.4 Å². The summed E-state index contributed by atoms with van der Waals surface area (Å²) in [4.78, 5) is 38.9. The minimum atomic E-state index is -0.665. The first-order chi connectivity index (χ1) is 11.7. The molecule has 0 bridgehead atoms. The summed E-state index contributed by atoms with van der Waals surface area (Å²) in [5.74, 6) is -0.509. The summed E-state index contributed by atoms with van der Waals surface area (Å²) in [6.07, 6.45) is 0.